The summed E-state index contributed by atoms with van der Waals surface area (Å²) >= 11 is 0. The summed E-state index contributed by atoms with van der Waals surface area (Å²) in [5.41, 5.74) is 1.20. The van der Waals surface area contributed by atoms with Gasteiger partial charge in [-0.3, -0.25) is 4.99 Å². The molecule has 0 aliphatic carbocycles. The van der Waals surface area contributed by atoms with Crippen molar-refractivity contribution in [3.63, 3.8) is 0 Å². The number of halogens is 1. The molecule has 0 aromatic heterocycles. The molecule has 0 bridgehead atoms. The molecule has 106 valence electrons. The second-order valence-corrected chi connectivity index (χ2v) is 4.25. The van der Waals surface area contributed by atoms with Crippen molar-refractivity contribution in [2.45, 2.75) is 19.4 Å². The third-order valence-electron chi connectivity index (χ3n) is 2.89. The maximum absolute atomic E-state index is 5.77. The molecule has 1 atom stereocenters. The smallest absolute Gasteiger partial charge is 0.191 e. The molecule has 0 radical (unpaired) electrons. The number of rotatable bonds is 5. The summed E-state index contributed by atoms with van der Waals surface area (Å²) in [4.78, 5) is 4.39. The summed E-state index contributed by atoms with van der Waals surface area (Å²) in [6.45, 7) is 5.37. The Kier molecular flexibility index (Phi) is 7.81. The van der Waals surface area contributed by atoms with E-state index in [0.717, 1.165) is 32.0 Å². The van der Waals surface area contributed by atoms with Crippen LogP contribution in [0, 0.1) is 0 Å². The third-order valence-corrected chi connectivity index (χ3v) is 2.89. The molecule has 0 amide bonds. The second kappa shape index (κ2) is 9.14. The summed E-state index contributed by atoms with van der Waals surface area (Å²) in [5.74, 6) is 0.891. The van der Waals surface area contributed by atoms with E-state index in [9.17, 15) is 0 Å². The van der Waals surface area contributed by atoms with Crippen LogP contribution in [-0.4, -0.2) is 32.2 Å². The normalized spacial score (nSPS) is 15.7. The van der Waals surface area contributed by atoms with Crippen molar-refractivity contribution in [2.24, 2.45) is 4.99 Å². The van der Waals surface area contributed by atoms with E-state index >= 15 is 0 Å². The van der Waals surface area contributed by atoms with Crippen molar-refractivity contribution in [2.75, 3.05) is 26.2 Å². The third kappa shape index (κ3) is 5.36. The van der Waals surface area contributed by atoms with Crippen LogP contribution >= 0.6 is 24.0 Å². The second-order valence-electron chi connectivity index (χ2n) is 4.25. The Morgan fingerprint density at radius 1 is 1.37 bits per heavy atom. The summed E-state index contributed by atoms with van der Waals surface area (Å²) < 4.78 is 5.77. The highest BCUT2D eigenvalue weighted by molar-refractivity contribution is 14.0. The fraction of sp³-hybridized carbons (Fsp3) is 0.500. The highest BCUT2D eigenvalue weighted by Gasteiger charge is 2.12. The number of nitrogens with zero attached hydrogens (tertiary/aromatic N) is 1. The summed E-state index contributed by atoms with van der Waals surface area (Å²) in [5, 5.41) is 6.57. The van der Waals surface area contributed by atoms with Crippen molar-refractivity contribution in [1.29, 1.82) is 0 Å². The van der Waals surface area contributed by atoms with Gasteiger partial charge >= 0.3 is 0 Å². The minimum absolute atomic E-state index is 0. The van der Waals surface area contributed by atoms with Gasteiger partial charge in [-0.1, -0.05) is 30.3 Å². The van der Waals surface area contributed by atoms with Gasteiger partial charge in [0, 0.05) is 26.2 Å². The molecule has 0 fully saturated rings. The predicted octanol–water partition coefficient (Wildman–Crippen LogP) is 2.32. The zero-order valence-corrected chi connectivity index (χ0v) is 13.6. The van der Waals surface area contributed by atoms with Crippen LogP contribution in [0.25, 0.3) is 0 Å². The van der Waals surface area contributed by atoms with Crippen LogP contribution < -0.4 is 10.6 Å². The average molecular weight is 375 g/mol. The predicted molar refractivity (Wildman–Crippen MR) is 89.1 cm³/mol. The molecule has 1 aromatic carbocycles. The van der Waals surface area contributed by atoms with Crippen LogP contribution in [0.5, 0.6) is 0 Å². The number of ether oxygens (including phenoxy) is 1. The number of nitrogens with one attached hydrogen (secondary N) is 2. The Hall–Kier alpha value is -0.820. The zero-order chi connectivity index (χ0) is 12.6. The molecule has 0 saturated carbocycles. The van der Waals surface area contributed by atoms with E-state index in [-0.39, 0.29) is 30.1 Å². The average Bonchev–Trinajstić information content (AvgIpc) is 2.45. The van der Waals surface area contributed by atoms with Crippen molar-refractivity contribution >= 4 is 29.9 Å². The Balaban J connectivity index is 0.00000180. The van der Waals surface area contributed by atoms with Crippen LogP contribution in [0.2, 0.25) is 0 Å². The molecule has 5 heteroatoms. The van der Waals surface area contributed by atoms with Gasteiger partial charge in [0.15, 0.2) is 5.96 Å². The van der Waals surface area contributed by atoms with E-state index in [2.05, 4.69) is 27.8 Å². The van der Waals surface area contributed by atoms with Gasteiger partial charge in [-0.05, 0) is 18.9 Å². The van der Waals surface area contributed by atoms with Gasteiger partial charge in [-0.2, -0.15) is 0 Å². The molecule has 0 spiro atoms. The number of benzene rings is 1. The Labute approximate surface area is 132 Å². The standard InChI is InChI=1S/C14H21N3O.HI/c1-2-18-13(12-7-4-3-5-8-12)11-17-14-15-9-6-10-16-14;/h3-5,7-8,13H,2,6,9-11H2,1H3,(H2,15,16,17);1H. The Morgan fingerprint density at radius 3 is 2.79 bits per heavy atom. The quantitative estimate of drug-likeness (QED) is 0.777. The van der Waals surface area contributed by atoms with Crippen molar-refractivity contribution in [1.82, 2.24) is 10.6 Å². The van der Waals surface area contributed by atoms with Crippen LogP contribution in [0.3, 0.4) is 0 Å². The number of guanidine groups is 1. The lowest BCUT2D eigenvalue weighted by Crippen LogP contribution is -2.42. The number of hydrogen-bond acceptors (Lipinski definition) is 4. The first-order chi connectivity index (χ1) is 8.90. The minimum atomic E-state index is 0. The molecule has 0 saturated heterocycles. The van der Waals surface area contributed by atoms with Gasteiger partial charge in [-0.25, -0.2) is 0 Å². The van der Waals surface area contributed by atoms with Gasteiger partial charge < -0.3 is 15.4 Å². The summed E-state index contributed by atoms with van der Waals surface area (Å²) in [6.07, 6.45) is 1.18. The molecule has 1 unspecified atom stereocenters. The Morgan fingerprint density at radius 2 is 2.16 bits per heavy atom. The van der Waals surface area contributed by atoms with Gasteiger partial charge in [0.05, 0.1) is 6.10 Å². The van der Waals surface area contributed by atoms with Gasteiger partial charge in [0.25, 0.3) is 0 Å². The van der Waals surface area contributed by atoms with Gasteiger partial charge in [0.2, 0.25) is 0 Å². The largest absolute Gasteiger partial charge is 0.372 e. The molecule has 2 rings (SSSR count). The first-order valence-electron chi connectivity index (χ1n) is 6.59. The molecule has 1 aliphatic heterocycles. The van der Waals surface area contributed by atoms with Crippen molar-refractivity contribution in [3.05, 3.63) is 35.9 Å². The number of hydrogen-bond donors (Lipinski definition) is 2. The molecule has 1 aliphatic rings. The van der Waals surface area contributed by atoms with Crippen molar-refractivity contribution in [3.8, 4) is 0 Å². The van der Waals surface area contributed by atoms with Crippen LogP contribution in [-0.2, 0) is 4.74 Å². The SMILES string of the molecule is CCOC(CNC1=NCCCN1)c1ccccc1.I. The Bertz CT molecular complexity index is 384. The maximum atomic E-state index is 5.77. The fourth-order valence-electron chi connectivity index (χ4n) is 1.98. The minimum Gasteiger partial charge on any atom is -0.372 e. The van der Waals surface area contributed by atoms with Crippen LogP contribution in [0.4, 0.5) is 0 Å². The van der Waals surface area contributed by atoms with E-state index < -0.39 is 0 Å². The van der Waals surface area contributed by atoms with E-state index in [4.69, 9.17) is 4.74 Å². The highest BCUT2D eigenvalue weighted by atomic mass is 127. The van der Waals surface area contributed by atoms with Gasteiger partial charge in [0.1, 0.15) is 0 Å². The molecular weight excluding hydrogens is 353 g/mol. The first kappa shape index (κ1) is 16.2. The molecule has 4 nitrogen and oxygen atoms in total. The van der Waals surface area contributed by atoms with E-state index in [0.29, 0.717) is 6.61 Å². The zero-order valence-electron chi connectivity index (χ0n) is 11.3. The lowest BCUT2D eigenvalue weighted by atomic mass is 10.1. The van der Waals surface area contributed by atoms with E-state index in [1.807, 2.05) is 25.1 Å². The topological polar surface area (TPSA) is 45.6 Å². The van der Waals surface area contributed by atoms with Crippen LogP contribution in [0.1, 0.15) is 25.0 Å². The maximum Gasteiger partial charge on any atom is 0.191 e. The van der Waals surface area contributed by atoms with E-state index in [1.54, 1.807) is 0 Å². The lowest BCUT2D eigenvalue weighted by molar-refractivity contribution is 0.0654. The molecular formula is C14H22IN3O. The first-order valence-corrected chi connectivity index (χ1v) is 6.59. The molecule has 2 N–H and O–H groups in total. The van der Waals surface area contributed by atoms with Crippen LogP contribution in [0.15, 0.2) is 35.3 Å². The van der Waals surface area contributed by atoms with Gasteiger partial charge in [-0.15, -0.1) is 24.0 Å². The molecule has 1 heterocycles. The fourth-order valence-corrected chi connectivity index (χ4v) is 1.98. The monoisotopic (exact) mass is 375 g/mol. The summed E-state index contributed by atoms with van der Waals surface area (Å²) in [6, 6.07) is 10.3. The summed E-state index contributed by atoms with van der Waals surface area (Å²) in [7, 11) is 0. The molecule has 19 heavy (non-hydrogen) atoms. The lowest BCUT2D eigenvalue weighted by Gasteiger charge is -2.21. The van der Waals surface area contributed by atoms with E-state index in [1.165, 1.54) is 5.56 Å². The molecule has 1 aromatic rings. The van der Waals surface area contributed by atoms with Crippen molar-refractivity contribution < 1.29 is 4.74 Å². The number of aliphatic imine (C=N–C) groups is 1. The highest BCUT2D eigenvalue weighted by Crippen LogP contribution is 2.15.